The lowest BCUT2D eigenvalue weighted by Gasteiger charge is -2.51. The van der Waals surface area contributed by atoms with Crippen molar-refractivity contribution < 1.29 is 9.53 Å². The van der Waals surface area contributed by atoms with E-state index in [0.29, 0.717) is 16.7 Å². The summed E-state index contributed by atoms with van der Waals surface area (Å²) in [5.74, 6) is 0.898. The summed E-state index contributed by atoms with van der Waals surface area (Å²) in [5.41, 5.74) is 1.98. The molecule has 3 aliphatic heterocycles. The van der Waals surface area contributed by atoms with Gasteiger partial charge in [0, 0.05) is 23.7 Å². The molecule has 1 unspecified atom stereocenters. The number of rotatable bonds is 5. The van der Waals surface area contributed by atoms with E-state index in [0.717, 1.165) is 36.0 Å². The minimum atomic E-state index is -0.314. The van der Waals surface area contributed by atoms with Crippen molar-refractivity contribution in [2.24, 2.45) is 11.8 Å². The van der Waals surface area contributed by atoms with Crippen LogP contribution >= 0.6 is 11.3 Å². The second kappa shape index (κ2) is 7.73. The standard InChI is InChI=1S/C24H24N2O2S/c1-2-16-15-26-12-10-17(16)14-21(26)23(28-24(27)22-8-5-13-29-22)19-9-11-25-20-7-4-3-6-18(19)20/h2-9,11,13,16-17,21,23H,1,10,12,14-15H2/t16-,17-,21+,23-/m0/s1. The van der Waals surface area contributed by atoms with Gasteiger partial charge in [-0.1, -0.05) is 30.3 Å². The number of thiophene rings is 1. The van der Waals surface area contributed by atoms with Crippen LogP contribution in [-0.2, 0) is 4.74 Å². The van der Waals surface area contributed by atoms with Gasteiger partial charge < -0.3 is 4.74 Å². The van der Waals surface area contributed by atoms with Crippen LogP contribution in [0.1, 0.15) is 34.2 Å². The fraction of sp³-hybridized carbons (Fsp3) is 0.333. The van der Waals surface area contributed by atoms with Crippen molar-refractivity contribution in [1.29, 1.82) is 0 Å². The van der Waals surface area contributed by atoms with Gasteiger partial charge in [0.15, 0.2) is 0 Å². The van der Waals surface area contributed by atoms with Gasteiger partial charge in [-0.25, -0.2) is 4.79 Å². The molecule has 3 aromatic rings. The molecular weight excluding hydrogens is 380 g/mol. The zero-order valence-corrected chi connectivity index (χ0v) is 17.1. The molecule has 0 spiro atoms. The first-order valence-electron chi connectivity index (χ1n) is 10.2. The van der Waals surface area contributed by atoms with Gasteiger partial charge in [-0.2, -0.15) is 0 Å². The minimum absolute atomic E-state index is 0.180. The highest BCUT2D eigenvalue weighted by molar-refractivity contribution is 7.11. The number of carbonyl (C=O) groups is 1. The van der Waals surface area contributed by atoms with E-state index in [-0.39, 0.29) is 18.1 Å². The molecule has 3 saturated heterocycles. The number of benzene rings is 1. The van der Waals surface area contributed by atoms with Crippen LogP contribution in [0.25, 0.3) is 10.9 Å². The molecule has 0 aliphatic carbocycles. The van der Waals surface area contributed by atoms with Crippen molar-refractivity contribution in [2.45, 2.75) is 25.0 Å². The number of esters is 1. The van der Waals surface area contributed by atoms with Crippen molar-refractivity contribution in [3.05, 3.63) is 77.1 Å². The molecule has 3 fully saturated rings. The van der Waals surface area contributed by atoms with Crippen molar-refractivity contribution >= 4 is 28.2 Å². The van der Waals surface area contributed by atoms with Crippen LogP contribution in [0.5, 0.6) is 0 Å². The number of carbonyl (C=O) groups excluding carboxylic acids is 1. The van der Waals surface area contributed by atoms with Crippen LogP contribution in [0.2, 0.25) is 0 Å². The number of hydrogen-bond donors (Lipinski definition) is 0. The highest BCUT2D eigenvalue weighted by atomic mass is 32.1. The molecule has 3 aliphatic rings. The Morgan fingerprint density at radius 1 is 1.28 bits per heavy atom. The fourth-order valence-corrected chi connectivity index (χ4v) is 5.58. The molecule has 4 nitrogen and oxygen atoms in total. The topological polar surface area (TPSA) is 42.4 Å². The monoisotopic (exact) mass is 404 g/mol. The van der Waals surface area contributed by atoms with Crippen LogP contribution < -0.4 is 0 Å². The van der Waals surface area contributed by atoms with Gasteiger partial charge in [0.2, 0.25) is 0 Å². The van der Waals surface area contributed by atoms with E-state index in [1.165, 1.54) is 17.8 Å². The first kappa shape index (κ1) is 18.5. The van der Waals surface area contributed by atoms with E-state index in [2.05, 4.69) is 28.6 Å². The van der Waals surface area contributed by atoms with Crippen LogP contribution in [0.3, 0.4) is 0 Å². The summed E-state index contributed by atoms with van der Waals surface area (Å²) in [6.45, 7) is 6.08. The fourth-order valence-electron chi connectivity index (χ4n) is 4.98. The Kier molecular flexibility index (Phi) is 4.94. The zero-order valence-electron chi connectivity index (χ0n) is 16.2. The minimum Gasteiger partial charge on any atom is -0.452 e. The summed E-state index contributed by atoms with van der Waals surface area (Å²) < 4.78 is 6.23. The largest absolute Gasteiger partial charge is 0.452 e. The number of nitrogens with zero attached hydrogens (tertiary/aromatic N) is 2. The molecule has 5 atom stereocenters. The highest BCUT2D eigenvalue weighted by Gasteiger charge is 2.44. The average molecular weight is 405 g/mol. The molecule has 29 heavy (non-hydrogen) atoms. The average Bonchev–Trinajstić information content (AvgIpc) is 3.32. The molecule has 0 radical (unpaired) electrons. The maximum atomic E-state index is 12.9. The van der Waals surface area contributed by atoms with E-state index in [1.54, 1.807) is 0 Å². The second-order valence-electron chi connectivity index (χ2n) is 7.97. The summed E-state index contributed by atoms with van der Waals surface area (Å²) in [7, 11) is 0. The quantitative estimate of drug-likeness (QED) is 0.439. The third-order valence-corrected chi connectivity index (χ3v) is 7.30. The van der Waals surface area contributed by atoms with Gasteiger partial charge in [0.1, 0.15) is 11.0 Å². The van der Waals surface area contributed by atoms with E-state index in [1.807, 2.05) is 48.0 Å². The predicted octanol–water partition coefficient (Wildman–Crippen LogP) is 5.09. The maximum Gasteiger partial charge on any atom is 0.348 e. The summed E-state index contributed by atoms with van der Waals surface area (Å²) >= 11 is 1.42. The Hall–Kier alpha value is -2.50. The molecule has 2 aromatic heterocycles. The van der Waals surface area contributed by atoms with Gasteiger partial charge in [-0.3, -0.25) is 9.88 Å². The van der Waals surface area contributed by atoms with Crippen molar-refractivity contribution in [1.82, 2.24) is 9.88 Å². The first-order valence-corrected chi connectivity index (χ1v) is 11.1. The molecule has 5 heterocycles. The molecule has 148 valence electrons. The van der Waals surface area contributed by atoms with Crippen molar-refractivity contribution in [2.75, 3.05) is 13.1 Å². The number of para-hydroxylation sites is 1. The SMILES string of the molecule is C=C[C@H]1CN2CC[C@H]1C[C@@H]2[C@@H](OC(=O)c1cccs1)c1ccnc2ccccc12. The molecule has 2 bridgehead atoms. The van der Waals surface area contributed by atoms with Crippen LogP contribution in [0.4, 0.5) is 0 Å². The summed E-state index contributed by atoms with van der Waals surface area (Å²) in [6.07, 6.45) is 5.82. The van der Waals surface area contributed by atoms with Gasteiger partial charge in [0.05, 0.1) is 11.6 Å². The lowest BCUT2D eigenvalue weighted by Crippen LogP contribution is -2.55. The lowest BCUT2D eigenvalue weighted by molar-refractivity contribution is -0.0566. The van der Waals surface area contributed by atoms with E-state index in [4.69, 9.17) is 4.74 Å². The predicted molar refractivity (Wildman–Crippen MR) is 116 cm³/mol. The smallest absolute Gasteiger partial charge is 0.348 e. The zero-order chi connectivity index (χ0) is 19.8. The Labute approximate surface area is 174 Å². The van der Waals surface area contributed by atoms with Crippen molar-refractivity contribution in [3.63, 3.8) is 0 Å². The number of hydrogen-bond acceptors (Lipinski definition) is 5. The maximum absolute atomic E-state index is 12.9. The van der Waals surface area contributed by atoms with Crippen LogP contribution in [0, 0.1) is 11.8 Å². The Bertz CT molecular complexity index is 1030. The lowest BCUT2D eigenvalue weighted by atomic mass is 9.73. The third kappa shape index (κ3) is 3.38. The Morgan fingerprint density at radius 2 is 2.17 bits per heavy atom. The van der Waals surface area contributed by atoms with Crippen molar-refractivity contribution in [3.8, 4) is 0 Å². The van der Waals surface area contributed by atoms with Gasteiger partial charge in [-0.15, -0.1) is 17.9 Å². The number of pyridine rings is 1. The third-order valence-electron chi connectivity index (χ3n) is 6.45. The summed E-state index contributed by atoms with van der Waals surface area (Å²) in [4.78, 5) is 20.6. The number of fused-ring (bicyclic) bond motifs is 4. The molecule has 0 saturated carbocycles. The van der Waals surface area contributed by atoms with Gasteiger partial charge >= 0.3 is 5.97 Å². The van der Waals surface area contributed by atoms with Crippen LogP contribution in [-0.4, -0.2) is 35.0 Å². The molecule has 5 heteroatoms. The second-order valence-corrected chi connectivity index (χ2v) is 8.91. The molecule has 0 N–H and O–H groups in total. The summed E-state index contributed by atoms with van der Waals surface area (Å²) in [5, 5.41) is 2.97. The summed E-state index contributed by atoms with van der Waals surface area (Å²) in [6, 6.07) is 14.0. The number of aromatic nitrogens is 1. The van der Waals surface area contributed by atoms with E-state index in [9.17, 15) is 4.79 Å². The van der Waals surface area contributed by atoms with E-state index < -0.39 is 0 Å². The normalized spacial score (nSPS) is 26.9. The first-order chi connectivity index (χ1) is 14.2. The molecule has 6 rings (SSSR count). The number of piperidine rings is 3. The van der Waals surface area contributed by atoms with E-state index >= 15 is 0 Å². The highest BCUT2D eigenvalue weighted by Crippen LogP contribution is 2.43. The Morgan fingerprint density at radius 3 is 2.93 bits per heavy atom. The van der Waals surface area contributed by atoms with Gasteiger partial charge in [-0.05, 0) is 54.8 Å². The number of ether oxygens (including phenoxy) is 1. The van der Waals surface area contributed by atoms with Gasteiger partial charge in [0.25, 0.3) is 0 Å². The Balaban J connectivity index is 1.55. The molecule has 1 aromatic carbocycles. The van der Waals surface area contributed by atoms with Crippen LogP contribution in [0.15, 0.2) is 66.7 Å². The molecular formula is C24H24N2O2S. The molecule has 0 amide bonds.